The molecule has 170 valence electrons. The summed E-state index contributed by atoms with van der Waals surface area (Å²) in [5.41, 5.74) is 1.58. The van der Waals surface area contributed by atoms with Crippen LogP contribution in [0.5, 0.6) is 0 Å². The van der Waals surface area contributed by atoms with Crippen molar-refractivity contribution in [1.29, 1.82) is 0 Å². The van der Waals surface area contributed by atoms with E-state index in [1.165, 1.54) is 18.2 Å². The van der Waals surface area contributed by atoms with Crippen molar-refractivity contribution in [2.24, 2.45) is 0 Å². The van der Waals surface area contributed by atoms with Crippen LogP contribution < -0.4 is 10.0 Å². The SMILES string of the molecule is Cc1ccc(CNS(=O)(=O)CCC(CNc2cc(C(=O)O)ccc2Cl)c2ccccc2)o1. The van der Waals surface area contributed by atoms with E-state index >= 15 is 0 Å². The molecule has 0 amide bonds. The van der Waals surface area contributed by atoms with E-state index in [4.69, 9.17) is 16.0 Å². The number of hydrogen-bond donors (Lipinski definition) is 3. The molecule has 0 bridgehead atoms. The molecular weight excluding hydrogens is 452 g/mol. The molecule has 1 heterocycles. The van der Waals surface area contributed by atoms with Gasteiger partial charge in [0.2, 0.25) is 10.0 Å². The molecule has 3 rings (SSSR count). The van der Waals surface area contributed by atoms with Crippen LogP contribution >= 0.6 is 11.6 Å². The summed E-state index contributed by atoms with van der Waals surface area (Å²) in [5, 5.41) is 12.8. The summed E-state index contributed by atoms with van der Waals surface area (Å²) in [5.74, 6) is 0.0216. The molecule has 0 radical (unpaired) electrons. The lowest BCUT2D eigenvalue weighted by Gasteiger charge is -2.20. The molecule has 0 saturated heterocycles. The van der Waals surface area contributed by atoms with Crippen LogP contribution in [0.2, 0.25) is 5.02 Å². The number of carbonyl (C=O) groups is 1. The average Bonchev–Trinajstić information content (AvgIpc) is 3.19. The van der Waals surface area contributed by atoms with Crippen molar-refractivity contribution in [2.75, 3.05) is 17.6 Å². The lowest BCUT2D eigenvalue weighted by molar-refractivity contribution is 0.0697. The van der Waals surface area contributed by atoms with E-state index in [0.29, 0.717) is 29.4 Å². The molecule has 9 heteroatoms. The number of furan rings is 1. The summed E-state index contributed by atoms with van der Waals surface area (Å²) in [6.07, 6.45) is 0.361. The third-order valence-corrected chi connectivity index (χ3v) is 6.71. The number of aryl methyl sites for hydroxylation is 1. The second kappa shape index (κ2) is 10.7. The van der Waals surface area contributed by atoms with E-state index in [9.17, 15) is 18.3 Å². The molecule has 2 aromatic carbocycles. The van der Waals surface area contributed by atoms with Crippen LogP contribution in [-0.4, -0.2) is 31.8 Å². The van der Waals surface area contributed by atoms with Gasteiger partial charge in [0.05, 0.1) is 28.6 Å². The van der Waals surface area contributed by atoms with Gasteiger partial charge in [0.1, 0.15) is 11.5 Å². The number of anilines is 1. The van der Waals surface area contributed by atoms with E-state index in [0.717, 1.165) is 11.3 Å². The van der Waals surface area contributed by atoms with Crippen molar-refractivity contribution < 1.29 is 22.7 Å². The minimum atomic E-state index is -3.52. The Morgan fingerprint density at radius 3 is 2.53 bits per heavy atom. The number of aromatic carboxylic acids is 1. The monoisotopic (exact) mass is 476 g/mol. The Balaban J connectivity index is 1.67. The molecule has 1 aromatic heterocycles. The zero-order valence-corrected chi connectivity index (χ0v) is 19.1. The van der Waals surface area contributed by atoms with Crippen LogP contribution in [0, 0.1) is 6.92 Å². The third kappa shape index (κ3) is 6.85. The first-order valence-electron chi connectivity index (χ1n) is 10.1. The van der Waals surface area contributed by atoms with Crippen LogP contribution in [0.25, 0.3) is 0 Å². The number of nitrogens with one attached hydrogen (secondary N) is 2. The van der Waals surface area contributed by atoms with Gasteiger partial charge in [-0.1, -0.05) is 41.9 Å². The maximum absolute atomic E-state index is 12.5. The zero-order valence-electron chi connectivity index (χ0n) is 17.5. The molecule has 0 aliphatic rings. The first-order chi connectivity index (χ1) is 15.2. The summed E-state index contributed by atoms with van der Waals surface area (Å²) in [7, 11) is -3.52. The van der Waals surface area contributed by atoms with Crippen molar-refractivity contribution in [3.8, 4) is 0 Å². The van der Waals surface area contributed by atoms with Crippen molar-refractivity contribution in [3.05, 3.63) is 88.3 Å². The standard InChI is InChI=1S/C23H25ClN2O5S/c1-16-7-9-20(31-16)15-26-32(29,30)12-11-19(17-5-3-2-4-6-17)14-25-22-13-18(23(27)28)8-10-21(22)24/h2-10,13,19,25-26H,11-12,14-15H2,1H3,(H,27,28). The lowest BCUT2D eigenvalue weighted by atomic mass is 9.96. The van der Waals surface area contributed by atoms with E-state index < -0.39 is 16.0 Å². The van der Waals surface area contributed by atoms with Gasteiger partial charge in [-0.05, 0) is 49.2 Å². The Morgan fingerprint density at radius 1 is 1.12 bits per heavy atom. The summed E-state index contributed by atoms with van der Waals surface area (Å²) >= 11 is 6.21. The van der Waals surface area contributed by atoms with Gasteiger partial charge in [-0.15, -0.1) is 0 Å². The minimum absolute atomic E-state index is 0.0726. The molecule has 3 N–H and O–H groups in total. The fraction of sp³-hybridized carbons (Fsp3) is 0.261. The van der Waals surface area contributed by atoms with E-state index in [2.05, 4.69) is 10.0 Å². The third-order valence-electron chi connectivity index (χ3n) is 5.02. The highest BCUT2D eigenvalue weighted by molar-refractivity contribution is 7.89. The summed E-state index contributed by atoms with van der Waals surface area (Å²) in [6, 6.07) is 17.5. The fourth-order valence-electron chi connectivity index (χ4n) is 3.27. The van der Waals surface area contributed by atoms with Gasteiger partial charge >= 0.3 is 5.97 Å². The van der Waals surface area contributed by atoms with E-state index in [1.54, 1.807) is 19.1 Å². The number of benzene rings is 2. The second-order valence-corrected chi connectivity index (χ2v) is 9.76. The van der Waals surface area contributed by atoms with Gasteiger partial charge in [-0.3, -0.25) is 0 Å². The van der Waals surface area contributed by atoms with Gasteiger partial charge in [0, 0.05) is 12.5 Å². The normalized spacial score (nSPS) is 12.4. The summed E-state index contributed by atoms with van der Waals surface area (Å²) < 4.78 is 33.0. The Morgan fingerprint density at radius 2 is 1.88 bits per heavy atom. The van der Waals surface area contributed by atoms with Gasteiger partial charge in [0.25, 0.3) is 0 Å². The molecule has 1 atom stereocenters. The first-order valence-corrected chi connectivity index (χ1v) is 12.1. The van der Waals surface area contributed by atoms with Crippen molar-refractivity contribution in [3.63, 3.8) is 0 Å². The second-order valence-electron chi connectivity index (χ2n) is 7.43. The Kier molecular flexibility index (Phi) is 7.95. The Bertz CT molecular complexity index is 1160. The molecule has 0 aliphatic carbocycles. The van der Waals surface area contributed by atoms with Crippen LogP contribution in [0.15, 0.2) is 65.1 Å². The lowest BCUT2D eigenvalue weighted by Crippen LogP contribution is -2.27. The number of carboxylic acid groups (broad SMARTS) is 1. The van der Waals surface area contributed by atoms with Gasteiger partial charge in [-0.25, -0.2) is 17.9 Å². The molecule has 0 saturated carbocycles. The molecular formula is C23H25ClN2O5S. The summed E-state index contributed by atoms with van der Waals surface area (Å²) in [6.45, 7) is 2.29. The molecule has 0 aliphatic heterocycles. The van der Waals surface area contributed by atoms with Crippen LogP contribution in [0.3, 0.4) is 0 Å². The minimum Gasteiger partial charge on any atom is -0.478 e. The smallest absolute Gasteiger partial charge is 0.335 e. The topological polar surface area (TPSA) is 109 Å². The fourth-order valence-corrected chi connectivity index (χ4v) is 4.56. The quantitative estimate of drug-likeness (QED) is 0.372. The van der Waals surface area contributed by atoms with Crippen LogP contribution in [0.1, 0.15) is 39.8 Å². The van der Waals surface area contributed by atoms with Crippen LogP contribution in [-0.2, 0) is 16.6 Å². The number of carboxylic acids is 1. The van der Waals surface area contributed by atoms with Crippen molar-refractivity contribution >= 4 is 33.3 Å². The highest BCUT2D eigenvalue weighted by Crippen LogP contribution is 2.26. The Hall–Kier alpha value is -2.81. The maximum Gasteiger partial charge on any atom is 0.335 e. The zero-order chi connectivity index (χ0) is 23.1. The first kappa shape index (κ1) is 23.8. The highest BCUT2D eigenvalue weighted by Gasteiger charge is 2.18. The predicted octanol–water partition coefficient (Wildman–Crippen LogP) is 4.65. The summed E-state index contributed by atoms with van der Waals surface area (Å²) in [4.78, 5) is 11.3. The predicted molar refractivity (Wildman–Crippen MR) is 125 cm³/mol. The van der Waals surface area contributed by atoms with Gasteiger partial charge in [-0.2, -0.15) is 0 Å². The number of hydrogen-bond acceptors (Lipinski definition) is 5. The molecule has 32 heavy (non-hydrogen) atoms. The Labute approximate surface area is 192 Å². The number of rotatable bonds is 11. The largest absolute Gasteiger partial charge is 0.478 e. The van der Waals surface area contributed by atoms with Crippen LogP contribution in [0.4, 0.5) is 5.69 Å². The molecule has 0 fully saturated rings. The van der Waals surface area contributed by atoms with E-state index in [1.807, 2.05) is 30.3 Å². The number of sulfonamides is 1. The van der Waals surface area contributed by atoms with Gasteiger partial charge in [0.15, 0.2) is 0 Å². The van der Waals surface area contributed by atoms with Gasteiger partial charge < -0.3 is 14.8 Å². The molecule has 0 spiro atoms. The highest BCUT2D eigenvalue weighted by atomic mass is 35.5. The molecule has 1 unspecified atom stereocenters. The molecule has 3 aromatic rings. The van der Waals surface area contributed by atoms with E-state index in [-0.39, 0.29) is 23.8 Å². The molecule has 7 nitrogen and oxygen atoms in total. The van der Waals surface area contributed by atoms with Crippen molar-refractivity contribution in [2.45, 2.75) is 25.8 Å². The maximum atomic E-state index is 12.5. The average molecular weight is 477 g/mol. The van der Waals surface area contributed by atoms with Crippen molar-refractivity contribution in [1.82, 2.24) is 4.72 Å². The number of halogens is 1.